The molecule has 0 saturated carbocycles. The Morgan fingerprint density at radius 3 is 1.17 bits per heavy atom. The van der Waals surface area contributed by atoms with Crippen LogP contribution in [0.1, 0.15) is 0 Å². The molecular formula is H2CeCuLaMnOSr. The summed E-state index contributed by atoms with van der Waals surface area (Å²) in [4.78, 5) is 0. The maximum absolute atomic E-state index is 7.81. The third-order valence-corrected chi connectivity index (χ3v) is 0. The van der Waals surface area contributed by atoms with E-state index < -0.39 is 0 Å². The van der Waals surface area contributed by atoms with E-state index in [0.717, 1.165) is 0 Å². The van der Waals surface area contributed by atoms with Crippen molar-refractivity contribution in [2.75, 3.05) is 0 Å². The van der Waals surface area contributed by atoms with Crippen molar-refractivity contribution in [1.29, 1.82) is 0 Å². The normalized spacial score (nSPS) is 1.00. The molecule has 2 radical (unpaired) electrons. The minimum absolute atomic E-state index is 0. The van der Waals surface area contributed by atoms with Crippen molar-refractivity contribution >= 4 is 45.5 Å². The fourth-order valence-corrected chi connectivity index (χ4v) is 0. The van der Waals surface area contributed by atoms with Crippen LogP contribution >= 0.6 is 0 Å². The molecule has 0 unspecified atom stereocenters. The Morgan fingerprint density at radius 1 is 1.17 bits per heavy atom. The standard InChI is InChI=1S/Ce.Cu.La.Mn.O.Sr.2H. The molecule has 6 heavy (non-hydrogen) atoms. The third kappa shape index (κ3) is 23.1. The summed E-state index contributed by atoms with van der Waals surface area (Å²) in [5, 5.41) is 0. The van der Waals surface area contributed by atoms with Crippen LogP contribution in [0.25, 0.3) is 0 Å². The van der Waals surface area contributed by atoms with Gasteiger partial charge in [-0.1, -0.05) is 0 Å². The maximum atomic E-state index is 7.81. The van der Waals surface area contributed by atoms with Crippen molar-refractivity contribution in [2.45, 2.75) is 0 Å². The minimum atomic E-state index is 0. The van der Waals surface area contributed by atoms with Gasteiger partial charge in [0.15, 0.2) is 0 Å². The molecule has 0 aliphatic heterocycles. The van der Waals surface area contributed by atoms with Crippen LogP contribution in [0.2, 0.25) is 0 Å². The molecule has 0 rings (SSSR count). The van der Waals surface area contributed by atoms with Gasteiger partial charge in [-0.15, -0.1) is 0 Å². The van der Waals surface area contributed by atoms with Gasteiger partial charge in [0.2, 0.25) is 0 Å². The zero-order chi connectivity index (χ0) is 2.00. The van der Waals surface area contributed by atoms with Gasteiger partial charge < -0.3 is 0 Å². The first-order chi connectivity index (χ1) is 1.00. The van der Waals surface area contributed by atoms with Crippen LogP contribution in [0.5, 0.6) is 0 Å². The van der Waals surface area contributed by atoms with Gasteiger partial charge in [-0.05, 0) is 0 Å². The fraction of sp³-hybridized carbons (Fsp3) is 0. The number of hydrogen-bond donors (Lipinski definition) is 0. The van der Waals surface area contributed by atoms with Crippen molar-refractivity contribution in [3.05, 3.63) is 0 Å². The number of rotatable bonds is 0. The molecule has 0 saturated heterocycles. The van der Waals surface area contributed by atoms with E-state index in [9.17, 15) is 0 Å². The van der Waals surface area contributed by atoms with E-state index in [1.165, 1.54) is 0 Å². The Kier molecular flexibility index (Phi) is 167. The molecule has 0 amide bonds. The average Bonchev–Trinajstić information content (AvgIpc) is 1.00. The SMILES string of the molecule is [Ce].[La].[Mn].[O]=[Cu].[SrH2]. The van der Waals surface area contributed by atoms with Crippen molar-refractivity contribution in [1.82, 2.24) is 0 Å². The van der Waals surface area contributed by atoms with E-state index in [4.69, 9.17) is 3.83 Å². The van der Waals surface area contributed by atoms with Crippen LogP contribution in [0.3, 0.4) is 0 Å². The summed E-state index contributed by atoms with van der Waals surface area (Å²) in [6.45, 7) is 0. The molecule has 35 valence electrons. The Labute approximate surface area is 155 Å². The van der Waals surface area contributed by atoms with Gasteiger partial charge in [0.05, 0.1) is 0 Å². The Bertz CT molecular complexity index is 15.5. The van der Waals surface area contributed by atoms with E-state index in [2.05, 4.69) is 15.9 Å². The summed E-state index contributed by atoms with van der Waals surface area (Å²) in [6.07, 6.45) is 0. The molecule has 0 aromatic heterocycles. The molecule has 0 atom stereocenters. The van der Waals surface area contributed by atoms with Crippen LogP contribution < -0.4 is 0 Å². The molecule has 6 heteroatoms. The predicted octanol–water partition coefficient (Wildman–Crippen LogP) is -1.04. The third-order valence-electron chi connectivity index (χ3n) is 0. The predicted molar refractivity (Wildman–Crippen MR) is 9.23 cm³/mol. The molecule has 0 bridgehead atoms. The van der Waals surface area contributed by atoms with Gasteiger partial charge in [0, 0.05) is 94.4 Å². The first-order valence-corrected chi connectivity index (χ1v) is 0.508. The molecule has 0 spiro atoms. The van der Waals surface area contributed by atoms with Gasteiger partial charge in [0.25, 0.3) is 0 Å². The second-order valence-electron chi connectivity index (χ2n) is 0. The summed E-state index contributed by atoms with van der Waals surface area (Å²) in [6, 6.07) is 0. The summed E-state index contributed by atoms with van der Waals surface area (Å²) in [5.41, 5.74) is 0. The molecule has 0 fully saturated rings. The van der Waals surface area contributed by atoms with Crippen LogP contribution in [0.4, 0.5) is 0 Å². The monoisotopic (exact) mass is 503 g/mol. The first kappa shape index (κ1) is 30.7. The molecule has 0 aliphatic rings. The van der Waals surface area contributed by atoms with Crippen LogP contribution in [-0.4, -0.2) is 45.5 Å². The summed E-state index contributed by atoms with van der Waals surface area (Å²) in [5.74, 6) is 0. The second-order valence-corrected chi connectivity index (χ2v) is 0. The first-order valence-electron chi connectivity index (χ1n) is 0.123. The van der Waals surface area contributed by atoms with Crippen LogP contribution in [0, 0.1) is 77.3 Å². The van der Waals surface area contributed by atoms with Gasteiger partial charge in [-0.25, -0.2) is 0 Å². The fourth-order valence-electron chi connectivity index (χ4n) is 0. The Balaban J connectivity index is -0.000000000833. The van der Waals surface area contributed by atoms with E-state index in [1.807, 2.05) is 0 Å². The van der Waals surface area contributed by atoms with E-state index in [-0.39, 0.29) is 140 Å². The van der Waals surface area contributed by atoms with Crippen LogP contribution in [0.15, 0.2) is 0 Å². The van der Waals surface area contributed by atoms with Gasteiger partial charge in [0.1, 0.15) is 0 Å². The molecule has 1 nitrogen and oxygen atoms in total. The van der Waals surface area contributed by atoms with Crippen molar-refractivity contribution in [3.8, 4) is 0 Å². The topological polar surface area (TPSA) is 17.1 Å². The van der Waals surface area contributed by atoms with E-state index in [0.29, 0.717) is 0 Å². The molecule has 0 aromatic rings. The van der Waals surface area contributed by atoms with Crippen molar-refractivity contribution < 1.29 is 114 Å². The van der Waals surface area contributed by atoms with Gasteiger partial charge in [-0.2, -0.15) is 0 Å². The zero-order valence-electron chi connectivity index (χ0n) is 2.17. The molecule has 0 aliphatic carbocycles. The summed E-state index contributed by atoms with van der Waals surface area (Å²) >= 11 is 2.94. The summed E-state index contributed by atoms with van der Waals surface area (Å²) in [7, 11) is 0. The van der Waals surface area contributed by atoms with Crippen LogP contribution in [-0.2, 0) is 36.8 Å². The van der Waals surface area contributed by atoms with Gasteiger partial charge >= 0.3 is 65.3 Å². The van der Waals surface area contributed by atoms with Crippen molar-refractivity contribution in [3.63, 3.8) is 0 Å². The average molecular weight is 503 g/mol. The number of hydrogen-bond acceptors (Lipinski definition) is 1. The Morgan fingerprint density at radius 2 is 1.17 bits per heavy atom. The van der Waals surface area contributed by atoms with E-state index in [1.54, 1.807) is 0 Å². The summed E-state index contributed by atoms with van der Waals surface area (Å²) < 4.78 is 7.81. The Hall–Kier alpha value is 4.89. The van der Waals surface area contributed by atoms with Gasteiger partial charge in [-0.3, -0.25) is 0 Å². The molecular weight excluding hydrogens is 501 g/mol. The second kappa shape index (κ2) is 32.7. The quantitative estimate of drug-likeness (QED) is 0.387. The molecule has 0 N–H and O–H groups in total. The molecule has 0 heterocycles. The zero-order valence-corrected chi connectivity index (χ0v) is 11.1. The van der Waals surface area contributed by atoms with E-state index >= 15 is 0 Å². The van der Waals surface area contributed by atoms with Crippen molar-refractivity contribution in [2.24, 2.45) is 0 Å². The molecule has 0 aromatic carbocycles.